The lowest BCUT2D eigenvalue weighted by Crippen LogP contribution is -2.41. The third kappa shape index (κ3) is 4.52. The first-order valence-electron chi connectivity index (χ1n) is 7.61. The van der Waals surface area contributed by atoms with Gasteiger partial charge in [0.15, 0.2) is 5.13 Å². The minimum absolute atomic E-state index is 0.117. The lowest BCUT2D eigenvalue weighted by atomic mass is 10.1. The SMILES string of the molecule is CCCN(CC(=O)Nc1ncc(C)s1)C(=O)C1CCCC1. The summed E-state index contributed by atoms with van der Waals surface area (Å²) in [6, 6.07) is 0. The maximum Gasteiger partial charge on any atom is 0.245 e. The summed E-state index contributed by atoms with van der Waals surface area (Å²) in [5.41, 5.74) is 0. The second-order valence-electron chi connectivity index (χ2n) is 5.57. The van der Waals surface area contributed by atoms with E-state index in [1.807, 2.05) is 13.8 Å². The molecular formula is C15H23N3O2S. The molecule has 0 saturated heterocycles. The minimum atomic E-state index is -0.163. The number of carbonyl (C=O) groups excluding carboxylic acids is 2. The van der Waals surface area contributed by atoms with Crippen LogP contribution in [0.4, 0.5) is 5.13 Å². The Morgan fingerprint density at radius 3 is 2.71 bits per heavy atom. The van der Waals surface area contributed by atoms with Crippen molar-refractivity contribution in [2.45, 2.75) is 46.0 Å². The largest absolute Gasteiger partial charge is 0.333 e. The molecule has 1 aliphatic rings. The number of hydrogen-bond donors (Lipinski definition) is 1. The third-order valence-corrected chi connectivity index (χ3v) is 4.54. The van der Waals surface area contributed by atoms with E-state index in [1.165, 1.54) is 11.3 Å². The molecule has 0 aromatic carbocycles. The summed E-state index contributed by atoms with van der Waals surface area (Å²) in [5.74, 6) is 0.0930. The van der Waals surface area contributed by atoms with E-state index in [1.54, 1.807) is 11.1 Å². The number of rotatable bonds is 6. The summed E-state index contributed by atoms with van der Waals surface area (Å²) in [7, 11) is 0. The van der Waals surface area contributed by atoms with Crippen LogP contribution in [0.2, 0.25) is 0 Å². The van der Waals surface area contributed by atoms with Crippen LogP contribution in [0.15, 0.2) is 6.20 Å². The molecule has 116 valence electrons. The van der Waals surface area contributed by atoms with Gasteiger partial charge in [-0.25, -0.2) is 4.98 Å². The van der Waals surface area contributed by atoms with E-state index in [4.69, 9.17) is 0 Å². The summed E-state index contributed by atoms with van der Waals surface area (Å²) in [5, 5.41) is 3.37. The van der Waals surface area contributed by atoms with Crippen molar-refractivity contribution in [3.05, 3.63) is 11.1 Å². The van der Waals surface area contributed by atoms with Crippen molar-refractivity contribution in [3.8, 4) is 0 Å². The number of nitrogens with one attached hydrogen (secondary N) is 1. The number of anilines is 1. The quantitative estimate of drug-likeness (QED) is 0.879. The van der Waals surface area contributed by atoms with Gasteiger partial charge in [-0.05, 0) is 26.2 Å². The summed E-state index contributed by atoms with van der Waals surface area (Å²) in [4.78, 5) is 31.4. The van der Waals surface area contributed by atoms with Gasteiger partial charge in [-0.2, -0.15) is 0 Å². The number of nitrogens with zero attached hydrogens (tertiary/aromatic N) is 2. The summed E-state index contributed by atoms with van der Waals surface area (Å²) in [6.45, 7) is 4.73. The van der Waals surface area contributed by atoms with Crippen molar-refractivity contribution in [1.29, 1.82) is 0 Å². The molecule has 6 heteroatoms. The molecule has 0 atom stereocenters. The highest BCUT2D eigenvalue weighted by Gasteiger charge is 2.28. The van der Waals surface area contributed by atoms with Crippen molar-refractivity contribution in [2.24, 2.45) is 5.92 Å². The summed E-state index contributed by atoms with van der Waals surface area (Å²) in [6.07, 6.45) is 6.77. The molecule has 1 N–H and O–H groups in total. The molecule has 1 saturated carbocycles. The Morgan fingerprint density at radius 1 is 1.43 bits per heavy atom. The van der Waals surface area contributed by atoms with Gasteiger partial charge in [0.2, 0.25) is 11.8 Å². The molecule has 1 aliphatic carbocycles. The van der Waals surface area contributed by atoms with E-state index in [9.17, 15) is 9.59 Å². The van der Waals surface area contributed by atoms with E-state index >= 15 is 0 Å². The molecule has 0 bridgehead atoms. The predicted molar refractivity (Wildman–Crippen MR) is 84.3 cm³/mol. The van der Waals surface area contributed by atoms with Crippen LogP contribution in [0.1, 0.15) is 43.9 Å². The van der Waals surface area contributed by atoms with Gasteiger partial charge < -0.3 is 10.2 Å². The Kier molecular flexibility index (Phi) is 5.73. The fourth-order valence-corrected chi connectivity index (χ4v) is 3.39. The van der Waals surface area contributed by atoms with Gasteiger partial charge in [0, 0.05) is 23.5 Å². The highest BCUT2D eigenvalue weighted by atomic mass is 32.1. The van der Waals surface area contributed by atoms with Crippen LogP contribution in [0.25, 0.3) is 0 Å². The van der Waals surface area contributed by atoms with Gasteiger partial charge >= 0.3 is 0 Å². The fraction of sp³-hybridized carbons (Fsp3) is 0.667. The van der Waals surface area contributed by atoms with Crippen molar-refractivity contribution < 1.29 is 9.59 Å². The van der Waals surface area contributed by atoms with Crippen molar-refractivity contribution in [3.63, 3.8) is 0 Å². The Labute approximate surface area is 129 Å². The summed E-state index contributed by atoms with van der Waals surface area (Å²) < 4.78 is 0. The number of thiazole rings is 1. The Balaban J connectivity index is 1.91. The first-order chi connectivity index (χ1) is 10.1. The first kappa shape index (κ1) is 15.9. The third-order valence-electron chi connectivity index (χ3n) is 3.71. The van der Waals surface area contributed by atoms with Crippen LogP contribution >= 0.6 is 11.3 Å². The normalized spacial score (nSPS) is 15.1. The first-order valence-corrected chi connectivity index (χ1v) is 8.43. The van der Waals surface area contributed by atoms with Gasteiger partial charge in [0.1, 0.15) is 0 Å². The number of hydrogen-bond acceptors (Lipinski definition) is 4. The molecule has 1 heterocycles. The molecule has 2 rings (SSSR count). The highest BCUT2D eigenvalue weighted by molar-refractivity contribution is 7.15. The molecule has 0 radical (unpaired) electrons. The maximum absolute atomic E-state index is 12.5. The number of aromatic nitrogens is 1. The Bertz CT molecular complexity index is 495. The molecule has 5 nitrogen and oxygen atoms in total. The molecule has 1 aromatic heterocycles. The highest BCUT2D eigenvalue weighted by Crippen LogP contribution is 2.26. The van der Waals surface area contributed by atoms with Crippen molar-refractivity contribution in [1.82, 2.24) is 9.88 Å². The van der Waals surface area contributed by atoms with Gasteiger partial charge in [-0.1, -0.05) is 19.8 Å². The lowest BCUT2D eigenvalue weighted by Gasteiger charge is -2.24. The van der Waals surface area contributed by atoms with Crippen LogP contribution in [0, 0.1) is 12.8 Å². The van der Waals surface area contributed by atoms with E-state index in [2.05, 4.69) is 10.3 Å². The topological polar surface area (TPSA) is 62.3 Å². The molecule has 1 aromatic rings. The lowest BCUT2D eigenvalue weighted by molar-refractivity contribution is -0.138. The van der Waals surface area contributed by atoms with E-state index < -0.39 is 0 Å². The Hall–Kier alpha value is -1.43. The average Bonchev–Trinajstić information content (AvgIpc) is 3.09. The average molecular weight is 309 g/mol. The molecule has 0 spiro atoms. The van der Waals surface area contributed by atoms with E-state index in [0.717, 1.165) is 37.0 Å². The number of carbonyl (C=O) groups is 2. The predicted octanol–water partition coefficient (Wildman–Crippen LogP) is 2.82. The molecular weight excluding hydrogens is 286 g/mol. The standard InChI is InChI=1S/C15H23N3O2S/c1-3-8-18(14(20)12-6-4-5-7-12)10-13(19)17-15-16-9-11(2)21-15/h9,12H,3-8,10H2,1-2H3,(H,16,17,19). The molecule has 1 fully saturated rings. The fourth-order valence-electron chi connectivity index (χ4n) is 2.71. The zero-order chi connectivity index (χ0) is 15.2. The van der Waals surface area contributed by atoms with E-state index in [0.29, 0.717) is 11.7 Å². The van der Waals surface area contributed by atoms with Crippen LogP contribution < -0.4 is 5.32 Å². The smallest absolute Gasteiger partial charge is 0.245 e. The molecule has 21 heavy (non-hydrogen) atoms. The van der Waals surface area contributed by atoms with Gasteiger partial charge in [0.25, 0.3) is 0 Å². The number of aryl methyl sites for hydroxylation is 1. The van der Waals surface area contributed by atoms with Gasteiger partial charge in [-0.3, -0.25) is 9.59 Å². The monoisotopic (exact) mass is 309 g/mol. The van der Waals surface area contributed by atoms with Crippen LogP contribution in [0.5, 0.6) is 0 Å². The molecule has 0 aliphatic heterocycles. The Morgan fingerprint density at radius 2 is 2.14 bits per heavy atom. The second kappa shape index (κ2) is 7.54. The van der Waals surface area contributed by atoms with Gasteiger partial charge in [-0.15, -0.1) is 11.3 Å². The second-order valence-corrected chi connectivity index (χ2v) is 6.80. The van der Waals surface area contributed by atoms with E-state index in [-0.39, 0.29) is 24.3 Å². The summed E-state index contributed by atoms with van der Waals surface area (Å²) >= 11 is 1.44. The van der Waals surface area contributed by atoms with Gasteiger partial charge in [0.05, 0.1) is 6.54 Å². The van der Waals surface area contributed by atoms with Crippen molar-refractivity contribution in [2.75, 3.05) is 18.4 Å². The molecule has 2 amide bonds. The van der Waals surface area contributed by atoms with Crippen LogP contribution in [-0.4, -0.2) is 34.8 Å². The minimum Gasteiger partial charge on any atom is -0.333 e. The zero-order valence-corrected chi connectivity index (χ0v) is 13.5. The maximum atomic E-state index is 12.5. The van der Waals surface area contributed by atoms with Crippen LogP contribution in [0.3, 0.4) is 0 Å². The zero-order valence-electron chi connectivity index (χ0n) is 12.7. The van der Waals surface area contributed by atoms with Crippen molar-refractivity contribution >= 4 is 28.3 Å². The number of amides is 2. The molecule has 0 unspecified atom stereocenters. The van der Waals surface area contributed by atoms with Crippen LogP contribution in [-0.2, 0) is 9.59 Å².